The number of aryl methyl sites for hydroxylation is 1. The van der Waals surface area contributed by atoms with Crippen molar-refractivity contribution >= 4 is 5.91 Å². The van der Waals surface area contributed by atoms with E-state index in [1.807, 2.05) is 29.7 Å². The average Bonchev–Trinajstić information content (AvgIpc) is 3.44. The zero-order valence-corrected chi connectivity index (χ0v) is 16.3. The largest absolute Gasteiger partial charge is 0.456 e. The highest BCUT2D eigenvalue weighted by Crippen LogP contribution is 2.24. The maximum absolute atomic E-state index is 13.1. The summed E-state index contributed by atoms with van der Waals surface area (Å²) in [6, 6.07) is 2.00. The summed E-state index contributed by atoms with van der Waals surface area (Å²) < 4.78 is 8.10. The van der Waals surface area contributed by atoms with Gasteiger partial charge in [0.15, 0.2) is 5.76 Å². The second-order valence-corrected chi connectivity index (χ2v) is 7.91. The van der Waals surface area contributed by atoms with Crippen LogP contribution >= 0.6 is 0 Å². The van der Waals surface area contributed by atoms with E-state index in [4.69, 9.17) is 4.42 Å². The predicted molar refractivity (Wildman–Crippen MR) is 103 cm³/mol. The molecule has 0 bridgehead atoms. The fourth-order valence-electron chi connectivity index (χ4n) is 4.43. The third kappa shape index (κ3) is 4.26. The minimum absolute atomic E-state index is 0.0488. The zero-order valence-electron chi connectivity index (χ0n) is 16.3. The predicted octanol–water partition coefficient (Wildman–Crippen LogP) is 3.19. The molecule has 0 saturated carbocycles. The first kappa shape index (κ1) is 18.3. The van der Waals surface area contributed by atoms with Crippen molar-refractivity contribution in [1.29, 1.82) is 0 Å². The second kappa shape index (κ2) is 8.30. The van der Waals surface area contributed by atoms with Crippen molar-refractivity contribution in [3.63, 3.8) is 0 Å². The highest BCUT2D eigenvalue weighted by Gasteiger charge is 2.28. The van der Waals surface area contributed by atoms with Crippen LogP contribution < -0.4 is 0 Å². The van der Waals surface area contributed by atoms with E-state index >= 15 is 0 Å². The van der Waals surface area contributed by atoms with Crippen LogP contribution in [-0.2, 0) is 19.5 Å². The van der Waals surface area contributed by atoms with Gasteiger partial charge in [-0.15, -0.1) is 0 Å². The quantitative estimate of drug-likeness (QED) is 0.784. The van der Waals surface area contributed by atoms with E-state index in [1.165, 1.54) is 18.4 Å². The van der Waals surface area contributed by atoms with Crippen molar-refractivity contribution < 1.29 is 9.21 Å². The number of piperidine rings is 1. The summed E-state index contributed by atoms with van der Waals surface area (Å²) in [7, 11) is 0. The van der Waals surface area contributed by atoms with Gasteiger partial charge in [-0.2, -0.15) is 0 Å². The Balaban J connectivity index is 1.42. The second-order valence-electron chi connectivity index (χ2n) is 7.91. The van der Waals surface area contributed by atoms with Gasteiger partial charge in [-0.3, -0.25) is 9.69 Å². The van der Waals surface area contributed by atoms with Crippen molar-refractivity contribution in [3.8, 4) is 0 Å². The Morgan fingerprint density at radius 1 is 1.26 bits per heavy atom. The summed E-state index contributed by atoms with van der Waals surface area (Å²) in [6.07, 6.45) is 11.2. The maximum atomic E-state index is 13.1. The zero-order chi connectivity index (χ0) is 18.6. The molecular formula is C21H30N4O2. The molecule has 27 heavy (non-hydrogen) atoms. The first-order valence-corrected chi connectivity index (χ1v) is 10.3. The molecule has 6 nitrogen and oxygen atoms in total. The molecule has 1 atom stereocenters. The van der Waals surface area contributed by atoms with Gasteiger partial charge in [-0.05, 0) is 50.8 Å². The van der Waals surface area contributed by atoms with Crippen LogP contribution in [0.3, 0.4) is 0 Å². The summed E-state index contributed by atoms with van der Waals surface area (Å²) in [6.45, 7) is 7.84. The van der Waals surface area contributed by atoms with Crippen molar-refractivity contribution in [1.82, 2.24) is 19.4 Å². The Morgan fingerprint density at radius 3 is 2.85 bits per heavy atom. The molecule has 0 radical (unpaired) electrons. The van der Waals surface area contributed by atoms with Gasteiger partial charge in [-0.1, -0.05) is 6.92 Å². The van der Waals surface area contributed by atoms with Crippen LogP contribution in [0.2, 0.25) is 0 Å². The van der Waals surface area contributed by atoms with E-state index in [0.29, 0.717) is 11.7 Å². The minimum Gasteiger partial charge on any atom is -0.456 e. The molecule has 1 amide bonds. The third-order valence-electron chi connectivity index (χ3n) is 5.86. The number of rotatable bonds is 6. The normalized spacial score (nSPS) is 21.1. The fourth-order valence-corrected chi connectivity index (χ4v) is 4.43. The van der Waals surface area contributed by atoms with Crippen LogP contribution in [0.25, 0.3) is 0 Å². The number of nitrogens with zero attached hydrogens (tertiary/aromatic N) is 4. The first-order valence-electron chi connectivity index (χ1n) is 10.3. The summed E-state index contributed by atoms with van der Waals surface area (Å²) in [4.78, 5) is 21.6. The Hall–Kier alpha value is -2.08. The smallest absolute Gasteiger partial charge is 0.289 e. The highest BCUT2D eigenvalue weighted by atomic mass is 16.4. The molecule has 2 saturated heterocycles. The van der Waals surface area contributed by atoms with Gasteiger partial charge in [0.05, 0.1) is 6.33 Å². The third-order valence-corrected chi connectivity index (χ3v) is 5.86. The lowest BCUT2D eigenvalue weighted by atomic mass is 9.97. The Kier molecular flexibility index (Phi) is 5.62. The van der Waals surface area contributed by atoms with Crippen molar-refractivity contribution in [2.75, 3.05) is 26.2 Å². The summed E-state index contributed by atoms with van der Waals surface area (Å²) in [5.41, 5.74) is 1.19. The Morgan fingerprint density at radius 2 is 2.11 bits per heavy atom. The van der Waals surface area contributed by atoms with E-state index in [0.717, 1.165) is 64.3 Å². The molecule has 1 unspecified atom stereocenters. The molecule has 2 aromatic rings. The van der Waals surface area contributed by atoms with Crippen LogP contribution in [0.5, 0.6) is 0 Å². The topological polar surface area (TPSA) is 54.5 Å². The van der Waals surface area contributed by atoms with E-state index in [9.17, 15) is 4.79 Å². The van der Waals surface area contributed by atoms with E-state index in [2.05, 4.69) is 21.4 Å². The molecule has 2 aliphatic rings. The lowest BCUT2D eigenvalue weighted by Crippen LogP contribution is -2.40. The number of furan rings is 1. The number of likely N-dealkylation sites (tertiary alicyclic amines) is 2. The van der Waals surface area contributed by atoms with Crippen molar-refractivity contribution in [2.45, 2.75) is 52.1 Å². The number of carbonyl (C=O) groups is 1. The van der Waals surface area contributed by atoms with Gasteiger partial charge in [-0.25, -0.2) is 4.98 Å². The number of hydrogen-bond acceptors (Lipinski definition) is 4. The molecule has 0 N–H and O–H groups in total. The SMILES string of the molecule is CCc1oc(C(=O)N2CCCC(Cn3ccnc3)C2)cc1CN1CCCC1. The first-order chi connectivity index (χ1) is 13.2. The van der Waals surface area contributed by atoms with Crippen LogP contribution in [0.15, 0.2) is 29.2 Å². The van der Waals surface area contributed by atoms with E-state index in [1.54, 1.807) is 0 Å². The fraction of sp³-hybridized carbons (Fsp3) is 0.619. The van der Waals surface area contributed by atoms with Gasteiger partial charge in [0.2, 0.25) is 0 Å². The summed E-state index contributed by atoms with van der Waals surface area (Å²) >= 11 is 0. The van der Waals surface area contributed by atoms with Gasteiger partial charge in [0.25, 0.3) is 5.91 Å². The molecule has 0 spiro atoms. The monoisotopic (exact) mass is 370 g/mol. The van der Waals surface area contributed by atoms with Crippen LogP contribution in [0.1, 0.15) is 54.5 Å². The van der Waals surface area contributed by atoms with Gasteiger partial charge in [0.1, 0.15) is 5.76 Å². The minimum atomic E-state index is 0.0488. The number of aromatic nitrogens is 2. The molecule has 4 rings (SSSR count). The highest BCUT2D eigenvalue weighted by molar-refractivity contribution is 5.91. The van der Waals surface area contributed by atoms with Crippen molar-refractivity contribution in [2.24, 2.45) is 5.92 Å². The molecule has 4 heterocycles. The van der Waals surface area contributed by atoms with Crippen LogP contribution in [0, 0.1) is 5.92 Å². The van der Waals surface area contributed by atoms with Gasteiger partial charge in [0, 0.05) is 50.6 Å². The molecule has 0 aromatic carbocycles. The lowest BCUT2D eigenvalue weighted by molar-refractivity contribution is 0.0628. The standard InChI is InChI=1S/C21H30N4O2/c1-2-19-18(15-23-8-3-4-9-23)12-20(27-19)21(26)25-10-5-6-17(14-25)13-24-11-7-22-16-24/h7,11-12,16-17H,2-6,8-10,13-15H2,1H3. The summed E-state index contributed by atoms with van der Waals surface area (Å²) in [5.74, 6) is 2.01. The van der Waals surface area contributed by atoms with E-state index < -0.39 is 0 Å². The summed E-state index contributed by atoms with van der Waals surface area (Å²) in [5, 5.41) is 0. The lowest BCUT2D eigenvalue weighted by Gasteiger charge is -2.32. The molecule has 2 aromatic heterocycles. The number of hydrogen-bond donors (Lipinski definition) is 0. The average molecular weight is 370 g/mol. The molecule has 2 aliphatic heterocycles. The van der Waals surface area contributed by atoms with E-state index in [-0.39, 0.29) is 5.91 Å². The van der Waals surface area contributed by atoms with Crippen LogP contribution in [-0.4, -0.2) is 51.4 Å². The molecule has 146 valence electrons. The Labute approximate surface area is 161 Å². The number of carbonyl (C=O) groups excluding carboxylic acids is 1. The van der Waals surface area contributed by atoms with Crippen LogP contribution in [0.4, 0.5) is 0 Å². The van der Waals surface area contributed by atoms with Gasteiger partial charge >= 0.3 is 0 Å². The number of imidazole rings is 1. The number of amides is 1. The molecule has 6 heteroatoms. The molecular weight excluding hydrogens is 340 g/mol. The molecule has 2 fully saturated rings. The van der Waals surface area contributed by atoms with Gasteiger partial charge < -0.3 is 13.9 Å². The molecule has 0 aliphatic carbocycles. The maximum Gasteiger partial charge on any atom is 0.289 e. The van der Waals surface area contributed by atoms with Crippen molar-refractivity contribution in [3.05, 3.63) is 41.9 Å². The Bertz CT molecular complexity index is 746.